The van der Waals surface area contributed by atoms with E-state index in [2.05, 4.69) is 12.2 Å². The molecule has 0 atom stereocenters. The zero-order chi connectivity index (χ0) is 15.9. The second-order valence-electron chi connectivity index (χ2n) is 5.78. The standard InChI is InChI=1S/C16H24ClNO2S/c1-5-9-18-10-12-7-6-8-13(17)15(12)21-11-14(19)20-16(2,3)4/h6-8,18H,5,9-11H2,1-4H3. The lowest BCUT2D eigenvalue weighted by atomic mass is 10.2. The van der Waals surface area contributed by atoms with Gasteiger partial charge in [0.15, 0.2) is 0 Å². The molecular weight excluding hydrogens is 306 g/mol. The molecule has 3 nitrogen and oxygen atoms in total. The number of nitrogens with one attached hydrogen (secondary N) is 1. The highest BCUT2D eigenvalue weighted by Gasteiger charge is 2.17. The molecule has 0 aliphatic carbocycles. The van der Waals surface area contributed by atoms with Crippen LogP contribution < -0.4 is 5.32 Å². The van der Waals surface area contributed by atoms with Crippen molar-refractivity contribution in [3.63, 3.8) is 0 Å². The summed E-state index contributed by atoms with van der Waals surface area (Å²) in [6.45, 7) is 9.44. The molecule has 0 heterocycles. The van der Waals surface area contributed by atoms with Crippen molar-refractivity contribution in [3.8, 4) is 0 Å². The Bertz CT molecular complexity index is 472. The number of rotatable bonds is 7. The molecule has 21 heavy (non-hydrogen) atoms. The molecular formula is C16H24ClNO2S. The number of esters is 1. The molecule has 5 heteroatoms. The van der Waals surface area contributed by atoms with E-state index in [1.165, 1.54) is 11.8 Å². The van der Waals surface area contributed by atoms with Crippen molar-refractivity contribution in [2.75, 3.05) is 12.3 Å². The van der Waals surface area contributed by atoms with Gasteiger partial charge >= 0.3 is 5.97 Å². The maximum Gasteiger partial charge on any atom is 0.316 e. The fourth-order valence-corrected chi connectivity index (χ4v) is 2.97. The Hall–Kier alpha value is -0.710. The molecule has 118 valence electrons. The topological polar surface area (TPSA) is 38.3 Å². The van der Waals surface area contributed by atoms with E-state index in [9.17, 15) is 4.79 Å². The highest BCUT2D eigenvalue weighted by molar-refractivity contribution is 8.00. The van der Waals surface area contributed by atoms with Gasteiger partial charge in [0.2, 0.25) is 0 Å². The average Bonchev–Trinajstić information content (AvgIpc) is 2.36. The maximum atomic E-state index is 11.8. The smallest absolute Gasteiger partial charge is 0.316 e. The highest BCUT2D eigenvalue weighted by Crippen LogP contribution is 2.31. The number of thioether (sulfide) groups is 1. The molecule has 0 saturated heterocycles. The third-order valence-corrected chi connectivity index (χ3v) is 4.12. The first-order valence-electron chi connectivity index (χ1n) is 7.16. The number of carbonyl (C=O) groups excluding carboxylic acids is 1. The number of hydrogen-bond acceptors (Lipinski definition) is 4. The highest BCUT2D eigenvalue weighted by atomic mass is 35.5. The van der Waals surface area contributed by atoms with Gasteiger partial charge < -0.3 is 10.1 Å². The van der Waals surface area contributed by atoms with Crippen LogP contribution in [-0.2, 0) is 16.1 Å². The van der Waals surface area contributed by atoms with Crippen LogP contribution in [0.25, 0.3) is 0 Å². The van der Waals surface area contributed by atoms with E-state index in [4.69, 9.17) is 16.3 Å². The van der Waals surface area contributed by atoms with Gasteiger partial charge in [0.1, 0.15) is 5.60 Å². The third-order valence-electron chi connectivity index (χ3n) is 2.55. The monoisotopic (exact) mass is 329 g/mol. The van der Waals surface area contributed by atoms with Crippen LogP contribution in [0.1, 0.15) is 39.7 Å². The normalized spacial score (nSPS) is 11.5. The Kier molecular flexibility index (Phi) is 7.57. The summed E-state index contributed by atoms with van der Waals surface area (Å²) in [6.07, 6.45) is 1.08. The summed E-state index contributed by atoms with van der Waals surface area (Å²) in [4.78, 5) is 12.8. The van der Waals surface area contributed by atoms with Crippen LogP contribution in [0, 0.1) is 0 Å². The van der Waals surface area contributed by atoms with Crippen molar-refractivity contribution in [2.24, 2.45) is 0 Å². The first kappa shape index (κ1) is 18.3. The minimum atomic E-state index is -0.455. The molecule has 0 fully saturated rings. The van der Waals surface area contributed by atoms with E-state index < -0.39 is 5.60 Å². The average molecular weight is 330 g/mol. The number of halogens is 1. The van der Waals surface area contributed by atoms with Gasteiger partial charge in [0, 0.05) is 11.4 Å². The van der Waals surface area contributed by atoms with Crippen molar-refractivity contribution in [2.45, 2.75) is 51.2 Å². The summed E-state index contributed by atoms with van der Waals surface area (Å²) in [7, 11) is 0. The SMILES string of the molecule is CCCNCc1cccc(Cl)c1SCC(=O)OC(C)(C)C. The van der Waals surface area contributed by atoms with Gasteiger partial charge in [-0.1, -0.05) is 30.7 Å². The Labute approximate surface area is 136 Å². The molecule has 1 aromatic carbocycles. The summed E-state index contributed by atoms with van der Waals surface area (Å²) in [5, 5.41) is 4.04. The zero-order valence-electron chi connectivity index (χ0n) is 13.2. The molecule has 0 spiro atoms. The van der Waals surface area contributed by atoms with E-state index >= 15 is 0 Å². The van der Waals surface area contributed by atoms with Crippen LogP contribution in [0.2, 0.25) is 5.02 Å². The van der Waals surface area contributed by atoms with Crippen molar-refractivity contribution < 1.29 is 9.53 Å². The predicted octanol–water partition coefficient (Wildman–Crippen LogP) is 4.27. The van der Waals surface area contributed by atoms with Gasteiger partial charge in [-0.15, -0.1) is 11.8 Å². The van der Waals surface area contributed by atoms with Crippen LogP contribution in [0.4, 0.5) is 0 Å². The van der Waals surface area contributed by atoms with Crippen LogP contribution in [0.5, 0.6) is 0 Å². The molecule has 0 radical (unpaired) electrons. The summed E-state index contributed by atoms with van der Waals surface area (Å²) in [6, 6.07) is 5.82. The van der Waals surface area contributed by atoms with E-state index in [1.807, 2.05) is 39.0 Å². The van der Waals surface area contributed by atoms with Crippen molar-refractivity contribution >= 4 is 29.3 Å². The van der Waals surface area contributed by atoms with E-state index in [0.29, 0.717) is 5.02 Å². The Morgan fingerprint density at radius 3 is 2.71 bits per heavy atom. The number of hydrogen-bond donors (Lipinski definition) is 1. The number of benzene rings is 1. The minimum Gasteiger partial charge on any atom is -0.459 e. The van der Waals surface area contributed by atoms with E-state index in [-0.39, 0.29) is 11.7 Å². The molecule has 1 N–H and O–H groups in total. The quantitative estimate of drug-likeness (QED) is 0.460. The van der Waals surface area contributed by atoms with Gasteiger partial charge in [-0.3, -0.25) is 4.79 Å². The van der Waals surface area contributed by atoms with Gasteiger partial charge in [-0.2, -0.15) is 0 Å². The maximum absolute atomic E-state index is 11.8. The minimum absolute atomic E-state index is 0.222. The fraction of sp³-hybridized carbons (Fsp3) is 0.562. The van der Waals surface area contributed by atoms with Gasteiger partial charge in [-0.25, -0.2) is 0 Å². The summed E-state index contributed by atoms with van der Waals surface area (Å²) >= 11 is 7.69. The zero-order valence-corrected chi connectivity index (χ0v) is 14.7. The molecule has 0 aromatic heterocycles. The fourth-order valence-electron chi connectivity index (χ4n) is 1.76. The Morgan fingerprint density at radius 2 is 2.10 bits per heavy atom. The molecule has 0 saturated carbocycles. The first-order chi connectivity index (χ1) is 9.83. The lowest BCUT2D eigenvalue weighted by Gasteiger charge is -2.19. The molecule has 0 unspecified atom stereocenters. The van der Waals surface area contributed by atoms with Crippen molar-refractivity contribution in [1.82, 2.24) is 5.32 Å². The Morgan fingerprint density at radius 1 is 1.38 bits per heavy atom. The van der Waals surface area contributed by atoms with Crippen LogP contribution in [-0.4, -0.2) is 23.9 Å². The lowest BCUT2D eigenvalue weighted by Crippen LogP contribution is -2.25. The lowest BCUT2D eigenvalue weighted by molar-refractivity contribution is -0.151. The van der Waals surface area contributed by atoms with E-state index in [0.717, 1.165) is 30.0 Å². The molecule has 0 bridgehead atoms. The van der Waals surface area contributed by atoms with Gasteiger partial charge in [0.05, 0.1) is 10.8 Å². The third kappa shape index (κ3) is 7.21. The molecule has 1 rings (SSSR count). The molecule has 0 aliphatic rings. The Balaban J connectivity index is 2.66. The predicted molar refractivity (Wildman–Crippen MR) is 90.0 cm³/mol. The molecule has 1 aromatic rings. The summed E-state index contributed by atoms with van der Waals surface area (Å²) in [5.74, 6) is 0.0433. The van der Waals surface area contributed by atoms with Crippen LogP contribution in [0.15, 0.2) is 23.1 Å². The van der Waals surface area contributed by atoms with Gasteiger partial charge in [-0.05, 0) is 45.4 Å². The number of ether oxygens (including phenoxy) is 1. The van der Waals surface area contributed by atoms with Crippen molar-refractivity contribution in [1.29, 1.82) is 0 Å². The summed E-state index contributed by atoms with van der Waals surface area (Å²) < 4.78 is 5.32. The van der Waals surface area contributed by atoms with E-state index in [1.54, 1.807) is 0 Å². The van der Waals surface area contributed by atoms with Crippen LogP contribution in [0.3, 0.4) is 0 Å². The summed E-state index contributed by atoms with van der Waals surface area (Å²) in [5.41, 5.74) is 0.661. The second kappa shape index (κ2) is 8.66. The number of carbonyl (C=O) groups is 1. The second-order valence-corrected chi connectivity index (χ2v) is 7.17. The van der Waals surface area contributed by atoms with Crippen molar-refractivity contribution in [3.05, 3.63) is 28.8 Å². The molecule has 0 aliphatic heterocycles. The van der Waals surface area contributed by atoms with Crippen LogP contribution >= 0.6 is 23.4 Å². The largest absolute Gasteiger partial charge is 0.459 e. The van der Waals surface area contributed by atoms with Gasteiger partial charge in [0.25, 0.3) is 0 Å². The molecule has 0 amide bonds. The first-order valence-corrected chi connectivity index (χ1v) is 8.52.